The number of carbonyl (C=O) groups is 2. The fraction of sp³-hybridized carbons (Fsp3) is 0.918. The molecule has 5 heterocycles. The molecule has 392 valence electrons. The van der Waals surface area contributed by atoms with E-state index < -0.39 is 140 Å². The molecule has 5 aliphatic heterocycles. The van der Waals surface area contributed by atoms with Gasteiger partial charge in [0.15, 0.2) is 25.2 Å². The summed E-state index contributed by atoms with van der Waals surface area (Å²) in [6.07, 6.45) is -10.8. The van der Waals surface area contributed by atoms with E-state index in [0.717, 1.165) is 44.9 Å². The van der Waals surface area contributed by atoms with Gasteiger partial charge in [0, 0.05) is 49.5 Å². The molecule has 26 atom stereocenters. The van der Waals surface area contributed by atoms with Crippen LogP contribution in [-0.2, 0) is 57.0 Å². The van der Waals surface area contributed by atoms with E-state index in [9.17, 15) is 50.4 Å². The van der Waals surface area contributed by atoms with Gasteiger partial charge in [0.05, 0.1) is 54.9 Å². The van der Waals surface area contributed by atoms with Crippen molar-refractivity contribution < 1.29 is 97.8 Å². The van der Waals surface area contributed by atoms with Crippen molar-refractivity contribution >= 4 is 11.9 Å². The first-order chi connectivity index (χ1) is 32.6. The number of hydrogen-bond donors (Lipinski definition) is 8. The van der Waals surface area contributed by atoms with Gasteiger partial charge in [-0.1, -0.05) is 13.8 Å². The third-order valence-corrected chi connectivity index (χ3v) is 18.2. The summed E-state index contributed by atoms with van der Waals surface area (Å²) in [6.45, 7) is 10.4. The summed E-state index contributed by atoms with van der Waals surface area (Å²) in [5.74, 6) is -0.802. The van der Waals surface area contributed by atoms with E-state index in [1.54, 1.807) is 19.9 Å². The molecule has 20 heteroatoms. The van der Waals surface area contributed by atoms with Crippen LogP contribution in [0.4, 0.5) is 0 Å². The number of fused-ring (bicyclic) bond motifs is 5. The van der Waals surface area contributed by atoms with E-state index in [2.05, 4.69) is 13.8 Å². The molecule has 0 bridgehead atoms. The largest absolute Gasteiger partial charge is 0.459 e. The van der Waals surface area contributed by atoms with Gasteiger partial charge in [-0.25, -0.2) is 4.79 Å². The van der Waals surface area contributed by atoms with Crippen molar-refractivity contribution in [1.29, 1.82) is 0 Å². The Kier molecular flexibility index (Phi) is 15.1. The lowest BCUT2D eigenvalue weighted by Crippen LogP contribution is -2.62. The van der Waals surface area contributed by atoms with Crippen LogP contribution in [0.25, 0.3) is 0 Å². The molecule has 0 spiro atoms. The summed E-state index contributed by atoms with van der Waals surface area (Å²) in [7, 11) is 0. The van der Waals surface area contributed by atoms with E-state index in [0.29, 0.717) is 11.5 Å². The highest BCUT2D eigenvalue weighted by atomic mass is 16.8. The Morgan fingerprint density at radius 1 is 0.710 bits per heavy atom. The average molecular weight is 985 g/mol. The van der Waals surface area contributed by atoms with E-state index >= 15 is 0 Å². The van der Waals surface area contributed by atoms with Crippen LogP contribution in [0.3, 0.4) is 0 Å². The number of carbonyl (C=O) groups excluding carboxylic acids is 2. The fourth-order valence-corrected chi connectivity index (χ4v) is 14.7. The zero-order chi connectivity index (χ0) is 49.5. The fourth-order valence-electron chi connectivity index (χ4n) is 14.7. The lowest BCUT2D eigenvalue weighted by atomic mass is 9.43. The molecule has 0 radical (unpaired) electrons. The van der Waals surface area contributed by atoms with Gasteiger partial charge in [-0.05, 0) is 95.0 Å². The smallest absolute Gasteiger partial charge is 0.334 e. The normalized spacial score (nSPS) is 53.3. The van der Waals surface area contributed by atoms with Crippen molar-refractivity contribution in [3.63, 3.8) is 0 Å². The number of cyclic esters (lactones) is 1. The average Bonchev–Trinajstić information content (AvgIpc) is 3.79. The van der Waals surface area contributed by atoms with Crippen LogP contribution >= 0.6 is 0 Å². The molecule has 4 saturated carbocycles. The van der Waals surface area contributed by atoms with Crippen molar-refractivity contribution in [2.75, 3.05) is 13.2 Å². The van der Waals surface area contributed by atoms with Crippen LogP contribution in [0.1, 0.15) is 112 Å². The van der Waals surface area contributed by atoms with Crippen LogP contribution in [0.5, 0.6) is 0 Å². The van der Waals surface area contributed by atoms with E-state index in [1.807, 2.05) is 6.92 Å². The Morgan fingerprint density at radius 3 is 1.93 bits per heavy atom. The van der Waals surface area contributed by atoms with Gasteiger partial charge in [-0.15, -0.1) is 0 Å². The first-order valence-electron chi connectivity index (χ1n) is 25.3. The summed E-state index contributed by atoms with van der Waals surface area (Å²) >= 11 is 0. The SMILES string of the molecule is CC(=O)OC1CC(OC2C(O)CC(OC3C(O)CC(OC4CCC5(C)C(CCC6C5CCC5(C)C(C7=CCOC7=O)C(O)CC65O)C4)OC3C)OC2C)OC(C)C1OC1OC(CO)C(O)C(O)C1O. The maximum atomic E-state index is 12.7. The van der Waals surface area contributed by atoms with Crippen molar-refractivity contribution in [1.82, 2.24) is 0 Å². The summed E-state index contributed by atoms with van der Waals surface area (Å²) < 4.78 is 60.1. The molecule has 0 aromatic carbocycles. The predicted molar refractivity (Wildman–Crippen MR) is 235 cm³/mol. The van der Waals surface area contributed by atoms with Crippen LogP contribution in [0, 0.1) is 34.5 Å². The van der Waals surface area contributed by atoms with Crippen molar-refractivity contribution in [2.24, 2.45) is 34.5 Å². The first kappa shape index (κ1) is 51.9. The molecule has 9 aliphatic rings. The number of ether oxygens (including phenoxy) is 10. The van der Waals surface area contributed by atoms with Gasteiger partial charge in [0.1, 0.15) is 55.4 Å². The number of rotatable bonds is 11. The van der Waals surface area contributed by atoms with Gasteiger partial charge >= 0.3 is 11.9 Å². The number of aliphatic hydroxyl groups excluding tert-OH is 7. The highest BCUT2D eigenvalue weighted by Crippen LogP contribution is 2.70. The predicted octanol–water partition coefficient (Wildman–Crippen LogP) is 0.613. The van der Waals surface area contributed by atoms with E-state index in [1.165, 1.54) is 6.92 Å². The van der Waals surface area contributed by atoms with Crippen LogP contribution in [0.2, 0.25) is 0 Å². The summed E-state index contributed by atoms with van der Waals surface area (Å²) in [5.41, 5.74) is -1.22. The highest BCUT2D eigenvalue weighted by molar-refractivity contribution is 5.91. The lowest BCUT2D eigenvalue weighted by molar-refractivity contribution is -0.355. The van der Waals surface area contributed by atoms with E-state index in [4.69, 9.17) is 47.4 Å². The molecule has 0 aromatic heterocycles. The molecule has 9 rings (SSSR count). The molecular formula is C49H76O20. The molecule has 26 unspecified atom stereocenters. The zero-order valence-corrected chi connectivity index (χ0v) is 40.5. The maximum absolute atomic E-state index is 12.7. The van der Waals surface area contributed by atoms with Gasteiger partial charge in [0.25, 0.3) is 0 Å². The minimum Gasteiger partial charge on any atom is -0.459 e. The molecule has 8 fully saturated rings. The highest BCUT2D eigenvalue weighted by Gasteiger charge is 2.70. The Balaban J connectivity index is 0.750. The van der Waals surface area contributed by atoms with Crippen LogP contribution in [-0.4, -0.2) is 188 Å². The number of aliphatic hydroxyl groups is 8. The summed E-state index contributed by atoms with van der Waals surface area (Å²) in [6, 6.07) is 0. The molecule has 20 nitrogen and oxygen atoms in total. The molecular weight excluding hydrogens is 909 g/mol. The van der Waals surface area contributed by atoms with Crippen LogP contribution in [0.15, 0.2) is 11.6 Å². The van der Waals surface area contributed by atoms with Gasteiger partial charge in [-0.3, -0.25) is 4.79 Å². The molecule has 69 heavy (non-hydrogen) atoms. The lowest BCUT2D eigenvalue weighted by Gasteiger charge is -2.63. The molecule has 0 aromatic rings. The Bertz CT molecular complexity index is 1850. The number of hydrogen-bond acceptors (Lipinski definition) is 20. The van der Waals surface area contributed by atoms with Gasteiger partial charge in [-0.2, -0.15) is 0 Å². The maximum Gasteiger partial charge on any atom is 0.334 e. The van der Waals surface area contributed by atoms with Crippen LogP contribution < -0.4 is 0 Å². The summed E-state index contributed by atoms with van der Waals surface area (Å²) in [5, 5.41) is 87.5. The third kappa shape index (κ3) is 9.48. The second kappa shape index (κ2) is 20.0. The van der Waals surface area contributed by atoms with Crippen molar-refractivity contribution in [3.05, 3.63) is 11.6 Å². The van der Waals surface area contributed by atoms with Gasteiger partial charge in [0.2, 0.25) is 0 Å². The minimum atomic E-state index is -1.69. The molecule has 0 amide bonds. The third-order valence-electron chi connectivity index (χ3n) is 18.2. The second-order valence-electron chi connectivity index (χ2n) is 22.2. The standard InChI is InChI=1S/C49H76O20/c1-21-42(67-36-17-31(53)43(22(2)62-36)68-37-18-33(64-24(4)51)44(23(3)63-37)69-46-41(57)40(56)39(55)34(20-50)66-46)30(52)16-35(61-21)65-26-9-12-47(5)25(15-26)7-8-29-28(47)10-13-48(6)38(27-11-14-60-45(27)58)32(54)19-49(29,48)59/h11,21-23,25-26,28-44,46,50,52-57,59H,7-10,12-20H2,1-6H3. The first-order valence-corrected chi connectivity index (χ1v) is 25.3. The van der Waals surface area contributed by atoms with Crippen molar-refractivity contribution in [2.45, 2.75) is 234 Å². The monoisotopic (exact) mass is 984 g/mol. The topological polar surface area (TPSA) is 288 Å². The zero-order valence-electron chi connectivity index (χ0n) is 40.5. The minimum absolute atomic E-state index is 0.00201. The Labute approximate surface area is 402 Å². The van der Waals surface area contributed by atoms with Crippen molar-refractivity contribution in [3.8, 4) is 0 Å². The second-order valence-corrected chi connectivity index (χ2v) is 22.2. The molecule has 8 N–H and O–H groups in total. The quantitative estimate of drug-likeness (QED) is 0.104. The summed E-state index contributed by atoms with van der Waals surface area (Å²) in [4.78, 5) is 24.8. The molecule has 4 saturated heterocycles. The Morgan fingerprint density at radius 2 is 1.33 bits per heavy atom. The van der Waals surface area contributed by atoms with E-state index in [-0.39, 0.29) is 61.6 Å². The van der Waals surface area contributed by atoms with Gasteiger partial charge < -0.3 is 88.2 Å². The Hall–Kier alpha value is -1.96. The molecule has 4 aliphatic carbocycles. The number of esters is 2.